The number of thioether (sulfide) groups is 1. The highest BCUT2D eigenvalue weighted by molar-refractivity contribution is 7.98. The van der Waals surface area contributed by atoms with E-state index in [9.17, 15) is 0 Å². The molecule has 1 N–H and O–H groups in total. The van der Waals surface area contributed by atoms with E-state index in [1.165, 1.54) is 23.1 Å². The van der Waals surface area contributed by atoms with Gasteiger partial charge in [0, 0.05) is 23.5 Å². The van der Waals surface area contributed by atoms with E-state index in [1.807, 2.05) is 30.2 Å². The van der Waals surface area contributed by atoms with Crippen molar-refractivity contribution < 1.29 is 4.42 Å². The quantitative estimate of drug-likeness (QED) is 0.845. The molecule has 0 fully saturated rings. The SMILES string of the molecule is CSCCC(C)NCc1coc2ccccc12. The maximum absolute atomic E-state index is 5.52. The van der Waals surface area contributed by atoms with Crippen molar-refractivity contribution >= 4 is 22.7 Å². The highest BCUT2D eigenvalue weighted by Gasteiger charge is 2.06. The number of rotatable bonds is 6. The molecule has 0 spiro atoms. The molecule has 17 heavy (non-hydrogen) atoms. The monoisotopic (exact) mass is 249 g/mol. The third kappa shape index (κ3) is 3.27. The molecule has 0 aliphatic heterocycles. The van der Waals surface area contributed by atoms with Crippen LogP contribution in [0.3, 0.4) is 0 Å². The summed E-state index contributed by atoms with van der Waals surface area (Å²) in [5.41, 5.74) is 2.22. The maximum Gasteiger partial charge on any atom is 0.134 e. The fourth-order valence-corrected chi connectivity index (χ4v) is 2.44. The second-order valence-electron chi connectivity index (χ2n) is 4.32. The van der Waals surface area contributed by atoms with Crippen LogP contribution in [0.2, 0.25) is 0 Å². The van der Waals surface area contributed by atoms with Crippen LogP contribution in [0, 0.1) is 0 Å². The zero-order valence-electron chi connectivity index (χ0n) is 10.4. The van der Waals surface area contributed by atoms with Gasteiger partial charge in [0.05, 0.1) is 6.26 Å². The predicted molar refractivity (Wildman–Crippen MR) is 75.5 cm³/mol. The lowest BCUT2D eigenvalue weighted by Gasteiger charge is -2.12. The maximum atomic E-state index is 5.52. The van der Waals surface area contributed by atoms with Gasteiger partial charge in [0.2, 0.25) is 0 Å². The van der Waals surface area contributed by atoms with Gasteiger partial charge in [-0.2, -0.15) is 11.8 Å². The van der Waals surface area contributed by atoms with E-state index < -0.39 is 0 Å². The lowest BCUT2D eigenvalue weighted by atomic mass is 10.1. The first-order chi connectivity index (χ1) is 8.31. The second-order valence-corrected chi connectivity index (χ2v) is 5.31. The van der Waals surface area contributed by atoms with Crippen molar-refractivity contribution in [2.45, 2.75) is 25.9 Å². The van der Waals surface area contributed by atoms with Crippen molar-refractivity contribution in [3.8, 4) is 0 Å². The average molecular weight is 249 g/mol. The molecule has 0 radical (unpaired) electrons. The van der Waals surface area contributed by atoms with Crippen LogP contribution in [0.25, 0.3) is 11.0 Å². The summed E-state index contributed by atoms with van der Waals surface area (Å²) >= 11 is 1.90. The standard InChI is InChI=1S/C14H19NOS/c1-11(7-8-17-2)15-9-12-10-16-14-6-4-3-5-13(12)14/h3-6,10-11,15H,7-9H2,1-2H3. The summed E-state index contributed by atoms with van der Waals surface area (Å²) in [6.45, 7) is 3.12. The number of furan rings is 1. The molecule has 0 amide bonds. The topological polar surface area (TPSA) is 25.2 Å². The lowest BCUT2D eigenvalue weighted by Crippen LogP contribution is -2.25. The number of hydrogen-bond donors (Lipinski definition) is 1. The van der Waals surface area contributed by atoms with Gasteiger partial charge in [-0.15, -0.1) is 0 Å². The smallest absolute Gasteiger partial charge is 0.134 e. The minimum Gasteiger partial charge on any atom is -0.464 e. The minimum atomic E-state index is 0.552. The van der Waals surface area contributed by atoms with Crippen molar-refractivity contribution in [1.82, 2.24) is 5.32 Å². The van der Waals surface area contributed by atoms with E-state index in [-0.39, 0.29) is 0 Å². The summed E-state index contributed by atoms with van der Waals surface area (Å²) in [6, 6.07) is 8.73. The van der Waals surface area contributed by atoms with E-state index in [4.69, 9.17) is 4.42 Å². The lowest BCUT2D eigenvalue weighted by molar-refractivity contribution is 0.532. The van der Waals surface area contributed by atoms with Gasteiger partial charge in [0.25, 0.3) is 0 Å². The van der Waals surface area contributed by atoms with Crippen LogP contribution >= 0.6 is 11.8 Å². The number of nitrogens with one attached hydrogen (secondary N) is 1. The molecule has 2 nitrogen and oxygen atoms in total. The molecular formula is C14H19NOS. The van der Waals surface area contributed by atoms with Gasteiger partial charge in [-0.05, 0) is 31.4 Å². The minimum absolute atomic E-state index is 0.552. The second kappa shape index (κ2) is 6.12. The average Bonchev–Trinajstić information content (AvgIpc) is 2.77. The van der Waals surface area contributed by atoms with E-state index in [1.54, 1.807) is 0 Å². The molecule has 1 aromatic heterocycles. The first kappa shape index (κ1) is 12.5. The summed E-state index contributed by atoms with van der Waals surface area (Å²) in [5, 5.41) is 4.76. The molecule has 0 saturated heterocycles. The van der Waals surface area contributed by atoms with E-state index in [2.05, 4.69) is 30.6 Å². The van der Waals surface area contributed by atoms with Gasteiger partial charge in [-0.3, -0.25) is 0 Å². The number of fused-ring (bicyclic) bond motifs is 1. The molecule has 0 aliphatic rings. The zero-order chi connectivity index (χ0) is 12.1. The van der Waals surface area contributed by atoms with Crippen LogP contribution in [-0.2, 0) is 6.54 Å². The first-order valence-corrected chi connectivity index (χ1v) is 7.38. The van der Waals surface area contributed by atoms with Crippen LogP contribution < -0.4 is 5.32 Å². The number of benzene rings is 1. The highest BCUT2D eigenvalue weighted by atomic mass is 32.2. The van der Waals surface area contributed by atoms with Crippen LogP contribution in [-0.4, -0.2) is 18.1 Å². The Morgan fingerprint density at radius 1 is 1.35 bits per heavy atom. The van der Waals surface area contributed by atoms with Crippen LogP contribution in [0.1, 0.15) is 18.9 Å². The third-order valence-electron chi connectivity index (χ3n) is 2.96. The molecule has 0 saturated carbocycles. The summed E-state index contributed by atoms with van der Waals surface area (Å²) in [5.74, 6) is 1.21. The molecule has 92 valence electrons. The zero-order valence-corrected chi connectivity index (χ0v) is 11.2. The Balaban J connectivity index is 1.95. The van der Waals surface area contributed by atoms with Crippen molar-refractivity contribution in [1.29, 1.82) is 0 Å². The predicted octanol–water partition coefficient (Wildman–Crippen LogP) is 3.66. The largest absolute Gasteiger partial charge is 0.464 e. The molecular weight excluding hydrogens is 230 g/mol. The summed E-state index contributed by atoms with van der Waals surface area (Å²) in [7, 11) is 0. The summed E-state index contributed by atoms with van der Waals surface area (Å²) < 4.78 is 5.52. The Morgan fingerprint density at radius 2 is 2.18 bits per heavy atom. The van der Waals surface area contributed by atoms with Crippen LogP contribution in [0.5, 0.6) is 0 Å². The Kier molecular flexibility index (Phi) is 4.51. The summed E-state index contributed by atoms with van der Waals surface area (Å²) in [6.07, 6.45) is 5.21. The normalized spacial score (nSPS) is 13.1. The van der Waals surface area contributed by atoms with Gasteiger partial charge in [0.1, 0.15) is 5.58 Å². The van der Waals surface area contributed by atoms with E-state index >= 15 is 0 Å². The molecule has 1 unspecified atom stereocenters. The van der Waals surface area contributed by atoms with Crippen LogP contribution in [0.15, 0.2) is 34.9 Å². The molecule has 1 atom stereocenters. The molecule has 1 aromatic carbocycles. The molecule has 3 heteroatoms. The first-order valence-electron chi connectivity index (χ1n) is 5.98. The molecule has 2 aromatic rings. The Morgan fingerprint density at radius 3 is 3.00 bits per heavy atom. The Bertz CT molecular complexity index is 466. The van der Waals surface area contributed by atoms with Crippen molar-refractivity contribution in [3.05, 3.63) is 36.1 Å². The van der Waals surface area contributed by atoms with E-state index in [0.717, 1.165) is 12.1 Å². The highest BCUT2D eigenvalue weighted by Crippen LogP contribution is 2.20. The number of para-hydroxylation sites is 1. The van der Waals surface area contributed by atoms with Crippen molar-refractivity contribution in [2.75, 3.05) is 12.0 Å². The Labute approximate surface area is 107 Å². The Hall–Kier alpha value is -0.930. The van der Waals surface area contributed by atoms with E-state index in [0.29, 0.717) is 6.04 Å². The van der Waals surface area contributed by atoms with Gasteiger partial charge in [-0.25, -0.2) is 0 Å². The molecule has 1 heterocycles. The van der Waals surface area contributed by atoms with Gasteiger partial charge >= 0.3 is 0 Å². The van der Waals surface area contributed by atoms with Crippen molar-refractivity contribution in [3.63, 3.8) is 0 Å². The van der Waals surface area contributed by atoms with Gasteiger partial charge < -0.3 is 9.73 Å². The van der Waals surface area contributed by atoms with Crippen LogP contribution in [0.4, 0.5) is 0 Å². The molecule has 0 aliphatic carbocycles. The van der Waals surface area contributed by atoms with Gasteiger partial charge in [0.15, 0.2) is 0 Å². The third-order valence-corrected chi connectivity index (χ3v) is 3.60. The fourth-order valence-electron chi connectivity index (χ4n) is 1.85. The molecule has 2 rings (SSSR count). The molecule has 0 bridgehead atoms. The summed E-state index contributed by atoms with van der Waals surface area (Å²) in [4.78, 5) is 0. The number of hydrogen-bond acceptors (Lipinski definition) is 3. The van der Waals surface area contributed by atoms with Crippen molar-refractivity contribution in [2.24, 2.45) is 0 Å². The fraction of sp³-hybridized carbons (Fsp3) is 0.429. The van der Waals surface area contributed by atoms with Gasteiger partial charge in [-0.1, -0.05) is 18.2 Å².